The Kier molecular flexibility index (Phi) is 3.08. The summed E-state index contributed by atoms with van der Waals surface area (Å²) in [6, 6.07) is 7.65. The van der Waals surface area contributed by atoms with Gasteiger partial charge >= 0.3 is 8.56 Å². The number of nitrogen functional groups attached to an aromatic ring is 1. The Hall–Kier alpha value is -0.843. The molecular weight excluding hydrogens is 182 g/mol. The number of rotatable bonds is 3. The molecule has 1 aromatic rings. The summed E-state index contributed by atoms with van der Waals surface area (Å²) in [4.78, 5) is 0. The van der Waals surface area contributed by atoms with E-state index in [1.165, 1.54) is 0 Å². The maximum absolute atomic E-state index is 5.68. The van der Waals surface area contributed by atoms with Gasteiger partial charge in [0.1, 0.15) is 0 Å². The smallest absolute Gasteiger partial charge is 0.368 e. The Morgan fingerprint density at radius 1 is 1.23 bits per heavy atom. The highest BCUT2D eigenvalue weighted by atomic mass is 28.4. The van der Waals surface area contributed by atoms with E-state index in [4.69, 9.17) is 14.6 Å². The number of hydrogen-bond donors (Lipinski definition) is 1. The summed E-state index contributed by atoms with van der Waals surface area (Å²) < 4.78 is 10.8. The second kappa shape index (κ2) is 3.91. The monoisotopic (exact) mass is 197 g/mol. The first-order valence-corrected chi connectivity index (χ1v) is 6.40. The van der Waals surface area contributed by atoms with E-state index in [1.54, 1.807) is 14.2 Å². The predicted octanol–water partition coefficient (Wildman–Crippen LogP) is 0.841. The summed E-state index contributed by atoms with van der Waals surface area (Å²) in [5, 5.41) is 1.05. The lowest BCUT2D eigenvalue weighted by Gasteiger charge is -2.23. The molecule has 0 fully saturated rings. The van der Waals surface area contributed by atoms with Gasteiger partial charge in [-0.1, -0.05) is 12.1 Å². The van der Waals surface area contributed by atoms with Crippen molar-refractivity contribution in [1.82, 2.24) is 0 Å². The van der Waals surface area contributed by atoms with Crippen LogP contribution >= 0.6 is 0 Å². The molecule has 0 saturated heterocycles. The largest absolute Gasteiger partial charge is 0.399 e. The molecule has 13 heavy (non-hydrogen) atoms. The van der Waals surface area contributed by atoms with E-state index in [9.17, 15) is 0 Å². The molecule has 0 radical (unpaired) electrons. The summed E-state index contributed by atoms with van der Waals surface area (Å²) in [5.74, 6) is 0. The van der Waals surface area contributed by atoms with Crippen molar-refractivity contribution in [2.45, 2.75) is 6.55 Å². The Labute approximate surface area is 79.7 Å². The molecule has 0 aliphatic carbocycles. The third-order valence-electron chi connectivity index (χ3n) is 2.19. The minimum atomic E-state index is -2.18. The van der Waals surface area contributed by atoms with Gasteiger partial charge in [-0.25, -0.2) is 0 Å². The minimum Gasteiger partial charge on any atom is -0.399 e. The number of anilines is 1. The van der Waals surface area contributed by atoms with Crippen molar-refractivity contribution >= 4 is 19.4 Å². The average molecular weight is 197 g/mol. The Balaban J connectivity index is 3.05. The van der Waals surface area contributed by atoms with E-state index >= 15 is 0 Å². The standard InChI is InChI=1S/C9H15NO2Si/c1-11-13(3,12-2)9-6-4-5-8(10)7-9/h4-7H,10H2,1-3H3. The van der Waals surface area contributed by atoms with Gasteiger partial charge in [0.25, 0.3) is 0 Å². The van der Waals surface area contributed by atoms with Gasteiger partial charge in [-0.2, -0.15) is 0 Å². The molecule has 3 nitrogen and oxygen atoms in total. The number of nitrogens with two attached hydrogens (primary N) is 1. The Morgan fingerprint density at radius 3 is 2.31 bits per heavy atom. The lowest BCUT2D eigenvalue weighted by atomic mass is 10.3. The van der Waals surface area contributed by atoms with Crippen LogP contribution in [0.25, 0.3) is 0 Å². The fraction of sp³-hybridized carbons (Fsp3) is 0.333. The molecule has 0 aromatic heterocycles. The molecule has 0 aliphatic heterocycles. The zero-order valence-corrected chi connectivity index (χ0v) is 9.20. The van der Waals surface area contributed by atoms with E-state index in [1.807, 2.05) is 30.8 Å². The molecule has 0 aliphatic rings. The summed E-state index contributed by atoms with van der Waals surface area (Å²) >= 11 is 0. The molecule has 0 spiro atoms. The van der Waals surface area contributed by atoms with Crippen molar-refractivity contribution in [3.8, 4) is 0 Å². The van der Waals surface area contributed by atoms with Gasteiger partial charge in [0.15, 0.2) is 0 Å². The fourth-order valence-electron chi connectivity index (χ4n) is 1.14. The number of hydrogen-bond acceptors (Lipinski definition) is 3. The normalized spacial score (nSPS) is 11.6. The van der Waals surface area contributed by atoms with Crippen LogP contribution in [0, 0.1) is 0 Å². The van der Waals surface area contributed by atoms with Crippen LogP contribution in [0.15, 0.2) is 24.3 Å². The van der Waals surface area contributed by atoms with Crippen LogP contribution in [0.4, 0.5) is 5.69 Å². The van der Waals surface area contributed by atoms with Crippen LogP contribution in [-0.4, -0.2) is 22.8 Å². The highest BCUT2D eigenvalue weighted by Gasteiger charge is 2.31. The molecule has 72 valence electrons. The number of benzene rings is 1. The van der Waals surface area contributed by atoms with E-state index in [2.05, 4.69) is 0 Å². The molecular formula is C9H15NO2Si. The van der Waals surface area contributed by atoms with Crippen LogP contribution in [0.3, 0.4) is 0 Å². The third kappa shape index (κ3) is 2.09. The van der Waals surface area contributed by atoms with Crippen molar-refractivity contribution in [2.75, 3.05) is 20.0 Å². The second-order valence-corrected chi connectivity index (χ2v) is 6.26. The lowest BCUT2D eigenvalue weighted by molar-refractivity contribution is 0.265. The first-order chi connectivity index (χ1) is 6.12. The summed E-state index contributed by atoms with van der Waals surface area (Å²) in [5.41, 5.74) is 6.42. The average Bonchev–Trinajstić information content (AvgIpc) is 2.17. The quantitative estimate of drug-likeness (QED) is 0.577. The Morgan fingerprint density at radius 2 is 1.85 bits per heavy atom. The fourth-order valence-corrected chi connectivity index (χ4v) is 2.61. The summed E-state index contributed by atoms with van der Waals surface area (Å²) in [7, 11) is 1.15. The summed E-state index contributed by atoms with van der Waals surface area (Å²) in [6.07, 6.45) is 0. The van der Waals surface area contributed by atoms with Crippen LogP contribution in [0.5, 0.6) is 0 Å². The van der Waals surface area contributed by atoms with Crippen LogP contribution in [0.2, 0.25) is 6.55 Å². The maximum atomic E-state index is 5.68. The third-order valence-corrected chi connectivity index (χ3v) is 5.11. The van der Waals surface area contributed by atoms with Crippen molar-refractivity contribution in [2.24, 2.45) is 0 Å². The molecule has 4 heteroatoms. The molecule has 2 N–H and O–H groups in total. The Bertz CT molecular complexity index is 287. The first-order valence-electron chi connectivity index (χ1n) is 4.08. The molecule has 0 atom stereocenters. The van der Waals surface area contributed by atoms with Crippen molar-refractivity contribution < 1.29 is 8.85 Å². The van der Waals surface area contributed by atoms with Crippen LogP contribution in [-0.2, 0) is 8.85 Å². The van der Waals surface area contributed by atoms with Gasteiger partial charge in [-0.15, -0.1) is 0 Å². The molecule has 0 bridgehead atoms. The van der Waals surface area contributed by atoms with Gasteiger partial charge in [-0.3, -0.25) is 0 Å². The summed E-state index contributed by atoms with van der Waals surface area (Å²) in [6.45, 7) is 1.99. The van der Waals surface area contributed by atoms with Crippen LogP contribution < -0.4 is 10.9 Å². The molecule has 0 amide bonds. The van der Waals surface area contributed by atoms with Gasteiger partial charge in [0.2, 0.25) is 0 Å². The highest BCUT2D eigenvalue weighted by Crippen LogP contribution is 2.07. The van der Waals surface area contributed by atoms with Gasteiger partial charge in [0.05, 0.1) is 0 Å². The zero-order valence-electron chi connectivity index (χ0n) is 8.20. The topological polar surface area (TPSA) is 44.5 Å². The van der Waals surface area contributed by atoms with Gasteiger partial charge in [-0.05, 0) is 23.9 Å². The maximum Gasteiger partial charge on any atom is 0.368 e. The molecule has 1 aromatic carbocycles. The second-order valence-electron chi connectivity index (χ2n) is 2.98. The molecule has 0 saturated carbocycles. The van der Waals surface area contributed by atoms with Gasteiger partial charge in [0, 0.05) is 19.9 Å². The zero-order chi connectivity index (χ0) is 9.90. The predicted molar refractivity (Wildman–Crippen MR) is 56.1 cm³/mol. The van der Waals surface area contributed by atoms with E-state index < -0.39 is 8.56 Å². The minimum absolute atomic E-state index is 0.741. The molecule has 1 rings (SSSR count). The van der Waals surface area contributed by atoms with Crippen molar-refractivity contribution in [3.63, 3.8) is 0 Å². The van der Waals surface area contributed by atoms with Gasteiger partial charge < -0.3 is 14.6 Å². The van der Waals surface area contributed by atoms with E-state index in [-0.39, 0.29) is 0 Å². The van der Waals surface area contributed by atoms with Crippen molar-refractivity contribution in [1.29, 1.82) is 0 Å². The van der Waals surface area contributed by atoms with Crippen LogP contribution in [0.1, 0.15) is 0 Å². The van der Waals surface area contributed by atoms with Crippen molar-refractivity contribution in [3.05, 3.63) is 24.3 Å². The highest BCUT2D eigenvalue weighted by molar-refractivity contribution is 6.79. The lowest BCUT2D eigenvalue weighted by Crippen LogP contribution is -2.49. The first kappa shape index (κ1) is 10.2. The molecule has 0 heterocycles. The van der Waals surface area contributed by atoms with E-state index in [0.29, 0.717) is 0 Å². The molecule has 0 unspecified atom stereocenters. The SMILES string of the molecule is CO[Si](C)(OC)c1cccc(N)c1. The van der Waals surface area contributed by atoms with E-state index in [0.717, 1.165) is 10.9 Å².